The van der Waals surface area contributed by atoms with Crippen LogP contribution in [-0.2, 0) is 25.7 Å². The highest BCUT2D eigenvalue weighted by Crippen LogP contribution is 2.15. The molecule has 2 rings (SSSR count). The molecule has 0 heterocycles. The number of amides is 1. The Morgan fingerprint density at radius 3 is 2.58 bits per heavy atom. The molecule has 7 nitrogen and oxygen atoms in total. The van der Waals surface area contributed by atoms with E-state index in [-0.39, 0.29) is 32.1 Å². The van der Waals surface area contributed by atoms with E-state index in [0.717, 1.165) is 5.56 Å². The molecule has 0 saturated heterocycles. The van der Waals surface area contributed by atoms with E-state index in [0.29, 0.717) is 11.3 Å². The lowest BCUT2D eigenvalue weighted by Gasteiger charge is -2.17. The molecular formula is C23H24BNO6. The number of ketones is 1. The average Bonchev–Trinajstić information content (AvgIpc) is 2.78. The summed E-state index contributed by atoms with van der Waals surface area (Å²) in [6.45, 7) is 1.17. The number of hydrogen-bond acceptors (Lipinski definition) is 6. The Morgan fingerprint density at radius 1 is 1.10 bits per heavy atom. The summed E-state index contributed by atoms with van der Waals surface area (Å²) in [5, 5.41) is 2.56. The Morgan fingerprint density at radius 2 is 1.87 bits per heavy atom. The normalized spacial score (nSPS) is 10.9. The van der Waals surface area contributed by atoms with Crippen molar-refractivity contribution in [1.82, 2.24) is 5.32 Å². The second-order valence-electron chi connectivity index (χ2n) is 6.49. The molecule has 8 heteroatoms. The number of benzene rings is 2. The van der Waals surface area contributed by atoms with Crippen molar-refractivity contribution in [3.05, 3.63) is 65.7 Å². The third kappa shape index (κ3) is 8.77. The zero-order valence-corrected chi connectivity index (χ0v) is 17.6. The van der Waals surface area contributed by atoms with Gasteiger partial charge in [-0.05, 0) is 24.6 Å². The van der Waals surface area contributed by atoms with Gasteiger partial charge in [0, 0.05) is 5.56 Å². The minimum Gasteiger partial charge on any atom is -0.490 e. The van der Waals surface area contributed by atoms with Crippen LogP contribution in [0, 0.1) is 11.7 Å². The first-order chi connectivity index (χ1) is 15.0. The van der Waals surface area contributed by atoms with Gasteiger partial charge in [0.25, 0.3) is 0 Å². The lowest BCUT2D eigenvalue weighted by Crippen LogP contribution is -2.37. The topological polar surface area (TPSA) is 90.9 Å². The fourth-order valence-electron chi connectivity index (χ4n) is 2.44. The minimum atomic E-state index is -1.13. The summed E-state index contributed by atoms with van der Waals surface area (Å²) >= 11 is 0. The van der Waals surface area contributed by atoms with E-state index >= 15 is 0 Å². The molecule has 0 saturated carbocycles. The molecule has 0 radical (unpaired) electrons. The van der Waals surface area contributed by atoms with Crippen LogP contribution < -0.4 is 10.1 Å². The maximum absolute atomic E-state index is 12.6. The monoisotopic (exact) mass is 421 g/mol. The van der Waals surface area contributed by atoms with Gasteiger partial charge in [-0.15, -0.1) is 0 Å². The molecule has 31 heavy (non-hydrogen) atoms. The summed E-state index contributed by atoms with van der Waals surface area (Å²) in [4.78, 5) is 36.0. The van der Waals surface area contributed by atoms with Crippen molar-refractivity contribution in [3.8, 4) is 17.5 Å². The maximum atomic E-state index is 12.6. The Kier molecular flexibility index (Phi) is 9.85. The highest BCUT2D eigenvalue weighted by molar-refractivity contribution is 6.22. The van der Waals surface area contributed by atoms with Gasteiger partial charge in [-0.1, -0.05) is 48.4 Å². The number of nitrogens with one attached hydrogen (secondary N) is 1. The summed E-state index contributed by atoms with van der Waals surface area (Å²) in [6, 6.07) is 15.8. The Hall–Kier alpha value is -3.57. The summed E-state index contributed by atoms with van der Waals surface area (Å²) in [5.41, 5.74) is 1.30. The number of carbonyl (C=O) groups excluding carboxylic acids is 3. The van der Waals surface area contributed by atoms with Crippen LogP contribution in [0.3, 0.4) is 0 Å². The first-order valence-corrected chi connectivity index (χ1v) is 9.72. The molecule has 1 amide bonds. The molecule has 1 unspecified atom stereocenters. The molecule has 0 aliphatic heterocycles. The number of rotatable bonds is 11. The van der Waals surface area contributed by atoms with Gasteiger partial charge >= 0.3 is 5.97 Å². The summed E-state index contributed by atoms with van der Waals surface area (Å²) in [5.74, 6) is 4.60. The van der Waals surface area contributed by atoms with Gasteiger partial charge in [0.1, 0.15) is 25.6 Å². The number of ether oxygens (including phenoxy) is 3. The van der Waals surface area contributed by atoms with Crippen molar-refractivity contribution in [3.63, 3.8) is 0 Å². The van der Waals surface area contributed by atoms with Crippen LogP contribution in [0.4, 0.5) is 0 Å². The van der Waals surface area contributed by atoms with Crippen molar-refractivity contribution in [2.24, 2.45) is 0 Å². The molecule has 1 atom stereocenters. The predicted octanol–water partition coefficient (Wildman–Crippen LogP) is 1.11. The van der Waals surface area contributed by atoms with Crippen LogP contribution in [0.2, 0.25) is 0 Å². The van der Waals surface area contributed by atoms with E-state index in [2.05, 4.69) is 17.1 Å². The molecule has 0 aliphatic rings. The van der Waals surface area contributed by atoms with Gasteiger partial charge < -0.3 is 19.5 Å². The van der Waals surface area contributed by atoms with Crippen LogP contribution in [0.1, 0.15) is 22.8 Å². The predicted molar refractivity (Wildman–Crippen MR) is 117 cm³/mol. The average molecular weight is 421 g/mol. The minimum absolute atomic E-state index is 0.0671. The van der Waals surface area contributed by atoms with E-state index in [9.17, 15) is 14.4 Å². The summed E-state index contributed by atoms with van der Waals surface area (Å²) in [6.07, 6.45) is -1.13. The third-order valence-electron chi connectivity index (χ3n) is 4.10. The molecule has 2 aromatic rings. The fraction of sp³-hybridized carbons (Fsp3) is 0.261. The Labute approximate surface area is 182 Å². The van der Waals surface area contributed by atoms with E-state index in [1.165, 1.54) is 6.92 Å². The zero-order chi connectivity index (χ0) is 22.5. The van der Waals surface area contributed by atoms with Gasteiger partial charge in [0.05, 0.1) is 6.54 Å². The molecule has 1 N–H and O–H groups in total. The lowest BCUT2D eigenvalue weighted by atomic mass is 10.1. The summed E-state index contributed by atoms with van der Waals surface area (Å²) < 4.78 is 16.4. The molecular weight excluding hydrogens is 397 g/mol. The second-order valence-corrected chi connectivity index (χ2v) is 6.49. The quantitative estimate of drug-likeness (QED) is 0.253. The van der Waals surface area contributed by atoms with Crippen molar-refractivity contribution in [2.45, 2.75) is 19.6 Å². The molecule has 160 valence electrons. The van der Waals surface area contributed by atoms with Gasteiger partial charge in [-0.3, -0.25) is 9.59 Å². The molecule has 0 fully saturated rings. The lowest BCUT2D eigenvalue weighted by molar-refractivity contribution is -0.161. The van der Waals surface area contributed by atoms with Gasteiger partial charge in [0.2, 0.25) is 5.91 Å². The number of hydrogen-bond donors (Lipinski definition) is 1. The molecule has 0 aromatic heterocycles. The smallest absolute Gasteiger partial charge is 0.339 e. The number of carbonyl (C=O) groups is 3. The molecule has 0 spiro atoms. The standard InChI is InChI=1S/C23H24BNO6/c1-17(26)19-9-5-10-20(13-19)29-15-21(30-16-22(27)25-12-6-11-24)23(28)31-14-18-7-3-2-4-8-18/h2-5,7-10,13,21H,12,14-16,24H2,1H3,(H,25,27). The van der Waals surface area contributed by atoms with Gasteiger partial charge in [0.15, 0.2) is 19.7 Å². The molecule has 0 bridgehead atoms. The maximum Gasteiger partial charge on any atom is 0.339 e. The second kappa shape index (κ2) is 12.9. The van der Waals surface area contributed by atoms with Crippen LogP contribution >= 0.6 is 0 Å². The largest absolute Gasteiger partial charge is 0.490 e. The van der Waals surface area contributed by atoms with Crippen molar-refractivity contribution in [2.75, 3.05) is 19.8 Å². The van der Waals surface area contributed by atoms with E-state index in [4.69, 9.17) is 14.2 Å². The molecule has 2 aromatic carbocycles. The zero-order valence-electron chi connectivity index (χ0n) is 17.6. The van der Waals surface area contributed by atoms with E-state index in [1.54, 1.807) is 32.1 Å². The first kappa shape index (κ1) is 23.7. The van der Waals surface area contributed by atoms with Crippen LogP contribution in [0.25, 0.3) is 0 Å². The van der Waals surface area contributed by atoms with Crippen molar-refractivity contribution < 1.29 is 28.6 Å². The van der Waals surface area contributed by atoms with E-state index < -0.39 is 18.0 Å². The van der Waals surface area contributed by atoms with Crippen molar-refractivity contribution in [1.29, 1.82) is 0 Å². The highest BCUT2D eigenvalue weighted by Gasteiger charge is 2.23. The Bertz CT molecular complexity index is 951. The van der Waals surface area contributed by atoms with Gasteiger partial charge in [-0.25, -0.2) is 4.79 Å². The first-order valence-electron chi connectivity index (χ1n) is 9.72. The van der Waals surface area contributed by atoms with Crippen LogP contribution in [0.15, 0.2) is 54.6 Å². The fourth-order valence-corrected chi connectivity index (χ4v) is 2.44. The van der Waals surface area contributed by atoms with E-state index in [1.807, 2.05) is 30.3 Å². The Balaban J connectivity index is 1.98. The van der Waals surface area contributed by atoms with Gasteiger partial charge in [-0.2, -0.15) is 5.82 Å². The van der Waals surface area contributed by atoms with Crippen LogP contribution in [-0.4, -0.2) is 51.4 Å². The van der Waals surface area contributed by atoms with Crippen LogP contribution in [0.5, 0.6) is 5.75 Å². The highest BCUT2D eigenvalue weighted by atomic mass is 16.6. The molecule has 0 aliphatic carbocycles. The SMILES string of the molecule is BC#CCNC(=O)COC(COc1cccc(C(C)=O)c1)C(=O)OCc1ccccc1. The summed E-state index contributed by atoms with van der Waals surface area (Å²) in [7, 11) is 1.67. The number of Topliss-reactive ketones (excluding diaryl/α,β-unsaturated/α-hetero) is 1. The number of esters is 1. The van der Waals surface area contributed by atoms with Crippen molar-refractivity contribution >= 4 is 25.5 Å². The third-order valence-corrected chi connectivity index (χ3v) is 4.10.